The summed E-state index contributed by atoms with van der Waals surface area (Å²) in [7, 11) is 0. The van der Waals surface area contributed by atoms with Gasteiger partial charge in [-0.05, 0) is 30.9 Å². The summed E-state index contributed by atoms with van der Waals surface area (Å²) in [6, 6.07) is 3.72. The van der Waals surface area contributed by atoms with E-state index in [2.05, 4.69) is 4.74 Å². The van der Waals surface area contributed by atoms with Gasteiger partial charge < -0.3 is 20.0 Å². The van der Waals surface area contributed by atoms with Gasteiger partial charge in [-0.15, -0.1) is 24.9 Å². The number of hydrogen-bond donors (Lipinski definition) is 1. The lowest BCUT2D eigenvalue weighted by Gasteiger charge is -2.21. The fourth-order valence-electron chi connectivity index (χ4n) is 2.61. The van der Waals surface area contributed by atoms with Crippen LogP contribution < -0.4 is 15.2 Å². The molecule has 0 aromatic heterocycles. The molecule has 1 saturated carbocycles. The van der Waals surface area contributed by atoms with Gasteiger partial charge in [-0.1, -0.05) is 19.3 Å². The number of alkyl halides is 3. The Morgan fingerprint density at radius 1 is 1.26 bits per heavy atom. The monoisotopic (exact) mass is 348 g/mol. The van der Waals surface area contributed by atoms with Gasteiger partial charge in [0.1, 0.15) is 11.8 Å². The minimum Gasteiger partial charge on any atom is -0.530 e. The van der Waals surface area contributed by atoms with Gasteiger partial charge in [-0.25, -0.2) is 0 Å². The van der Waals surface area contributed by atoms with Crippen molar-refractivity contribution in [2.45, 2.75) is 43.4 Å². The molecule has 1 fully saturated rings. The number of carbonyl (C=O) groups is 1. The third kappa shape index (κ3) is 6.60. The second-order valence-corrected chi connectivity index (χ2v) is 6.56. The Balaban J connectivity index is 2.08. The fourth-order valence-corrected chi connectivity index (χ4v) is 3.78. The fraction of sp³-hybridized carbons (Fsp3) is 0.533. The molecule has 1 aromatic carbocycles. The number of anilines is 1. The Morgan fingerprint density at radius 3 is 2.57 bits per heavy atom. The molecule has 128 valence electrons. The highest BCUT2D eigenvalue weighted by molar-refractivity contribution is 7.99. The molecule has 1 N–H and O–H groups in total. The predicted molar refractivity (Wildman–Crippen MR) is 79.4 cm³/mol. The van der Waals surface area contributed by atoms with Gasteiger partial charge in [-0.3, -0.25) is 0 Å². The molecule has 0 spiro atoms. The van der Waals surface area contributed by atoms with E-state index in [0.29, 0.717) is 10.8 Å². The van der Waals surface area contributed by atoms with E-state index in [1.54, 1.807) is 0 Å². The Hall–Kier alpha value is -1.57. The molecular formula is C15H17F3NO3S-. The van der Waals surface area contributed by atoms with Gasteiger partial charge in [0.05, 0.1) is 0 Å². The Kier molecular flexibility index (Phi) is 6.04. The van der Waals surface area contributed by atoms with E-state index in [9.17, 15) is 23.1 Å². The highest BCUT2D eigenvalue weighted by Gasteiger charge is 2.31. The van der Waals surface area contributed by atoms with Crippen LogP contribution in [0.4, 0.5) is 23.7 Å². The molecule has 2 rings (SSSR count). The van der Waals surface area contributed by atoms with Crippen molar-refractivity contribution in [1.82, 2.24) is 0 Å². The smallest absolute Gasteiger partial charge is 0.530 e. The van der Waals surface area contributed by atoms with Gasteiger partial charge in [0.25, 0.3) is 0 Å². The van der Waals surface area contributed by atoms with Crippen LogP contribution >= 0.6 is 11.8 Å². The molecule has 0 bridgehead atoms. The minimum absolute atomic E-state index is 0.00195. The first-order valence-electron chi connectivity index (χ1n) is 7.33. The van der Waals surface area contributed by atoms with Crippen molar-refractivity contribution in [3.8, 4) is 5.75 Å². The summed E-state index contributed by atoms with van der Waals surface area (Å²) in [5, 5.41) is 12.5. The van der Waals surface area contributed by atoms with Gasteiger partial charge >= 0.3 is 6.36 Å². The number of halogens is 3. The number of nitrogens with one attached hydrogen (secondary N) is 1. The maximum atomic E-state index is 12.4. The largest absolute Gasteiger partial charge is 0.573 e. The van der Waals surface area contributed by atoms with Crippen molar-refractivity contribution in [2.75, 3.05) is 11.1 Å². The van der Waals surface area contributed by atoms with E-state index in [0.717, 1.165) is 24.7 Å². The molecule has 0 heterocycles. The van der Waals surface area contributed by atoms with E-state index >= 15 is 0 Å². The zero-order valence-corrected chi connectivity index (χ0v) is 13.1. The Bertz CT molecular complexity index is 545. The molecule has 1 aromatic rings. The van der Waals surface area contributed by atoms with E-state index in [-0.39, 0.29) is 5.69 Å². The number of thioether (sulfide) groups is 1. The van der Waals surface area contributed by atoms with Crippen molar-refractivity contribution in [1.29, 1.82) is 0 Å². The van der Waals surface area contributed by atoms with Crippen LogP contribution in [0.3, 0.4) is 0 Å². The van der Waals surface area contributed by atoms with Crippen LogP contribution in [0.25, 0.3) is 0 Å². The van der Waals surface area contributed by atoms with Crippen LogP contribution in [0.5, 0.6) is 5.75 Å². The van der Waals surface area contributed by atoms with E-state index < -0.39 is 18.2 Å². The topological polar surface area (TPSA) is 61.4 Å². The van der Waals surface area contributed by atoms with Gasteiger partial charge in [0, 0.05) is 22.4 Å². The SMILES string of the molecule is O=C([O-])Nc1cc(OC(F)(F)F)cc(SCC2CCCCC2)c1. The zero-order valence-electron chi connectivity index (χ0n) is 12.3. The van der Waals surface area contributed by atoms with Crippen molar-refractivity contribution < 1.29 is 27.8 Å². The molecule has 0 saturated heterocycles. The third-order valence-corrected chi connectivity index (χ3v) is 4.78. The van der Waals surface area contributed by atoms with Crippen molar-refractivity contribution >= 4 is 23.5 Å². The summed E-state index contributed by atoms with van der Waals surface area (Å²) in [6.07, 6.45) is -0.579. The standard InChI is InChI=1S/C15H18F3NO3S/c16-15(17,18)22-12-6-11(19-14(20)21)7-13(8-12)23-9-10-4-2-1-3-5-10/h6-8,10,19H,1-5,9H2,(H,20,21)/p-1. The second-order valence-electron chi connectivity index (χ2n) is 5.47. The normalized spacial score (nSPS) is 16.1. The lowest BCUT2D eigenvalue weighted by molar-refractivity contribution is -0.274. The second kappa shape index (κ2) is 7.81. The lowest BCUT2D eigenvalue weighted by Crippen LogP contribution is -2.28. The first kappa shape index (κ1) is 17.8. The molecule has 0 radical (unpaired) electrons. The number of rotatable bonds is 5. The molecule has 8 heteroatoms. The molecule has 1 amide bonds. The van der Waals surface area contributed by atoms with E-state index in [1.807, 2.05) is 5.32 Å². The first-order valence-corrected chi connectivity index (χ1v) is 8.32. The maximum absolute atomic E-state index is 12.4. The summed E-state index contributed by atoms with van der Waals surface area (Å²) in [5.74, 6) is 0.883. The van der Waals surface area contributed by atoms with Crippen LogP contribution in [0, 0.1) is 5.92 Å². The van der Waals surface area contributed by atoms with Crippen LogP contribution in [0.1, 0.15) is 32.1 Å². The third-order valence-electron chi connectivity index (χ3n) is 3.57. The van der Waals surface area contributed by atoms with Gasteiger partial charge in [0.15, 0.2) is 0 Å². The molecule has 23 heavy (non-hydrogen) atoms. The number of carbonyl (C=O) groups excluding carboxylic acids is 1. The minimum atomic E-state index is -4.83. The maximum Gasteiger partial charge on any atom is 0.573 e. The average Bonchev–Trinajstić information content (AvgIpc) is 2.43. The first-order chi connectivity index (χ1) is 10.8. The quantitative estimate of drug-likeness (QED) is 0.817. The molecule has 1 aliphatic rings. The predicted octanol–water partition coefficient (Wildman–Crippen LogP) is 4.01. The van der Waals surface area contributed by atoms with Crippen LogP contribution in [-0.4, -0.2) is 18.2 Å². The molecule has 0 atom stereocenters. The molecule has 0 unspecified atom stereocenters. The Morgan fingerprint density at radius 2 is 1.96 bits per heavy atom. The number of ether oxygens (including phenoxy) is 1. The van der Waals surface area contributed by atoms with Gasteiger partial charge in [-0.2, -0.15) is 0 Å². The number of benzene rings is 1. The number of amides is 1. The number of carboxylic acid groups (broad SMARTS) is 1. The average molecular weight is 348 g/mol. The van der Waals surface area contributed by atoms with Crippen LogP contribution in [0.2, 0.25) is 0 Å². The van der Waals surface area contributed by atoms with E-state index in [1.165, 1.54) is 43.2 Å². The molecule has 0 aliphatic heterocycles. The summed E-state index contributed by atoms with van der Waals surface area (Å²) >= 11 is 1.41. The Labute approximate surface area is 136 Å². The number of hydrogen-bond acceptors (Lipinski definition) is 4. The van der Waals surface area contributed by atoms with Crippen molar-refractivity contribution in [3.63, 3.8) is 0 Å². The van der Waals surface area contributed by atoms with Crippen molar-refractivity contribution in [3.05, 3.63) is 18.2 Å². The summed E-state index contributed by atoms with van der Waals surface area (Å²) in [6.45, 7) is 0. The van der Waals surface area contributed by atoms with Gasteiger partial charge in [0.2, 0.25) is 0 Å². The lowest BCUT2D eigenvalue weighted by atomic mass is 9.91. The van der Waals surface area contributed by atoms with Crippen LogP contribution in [0.15, 0.2) is 23.1 Å². The molecular weight excluding hydrogens is 331 g/mol. The summed E-state index contributed by atoms with van der Waals surface area (Å²) in [5.41, 5.74) is -0.00195. The summed E-state index contributed by atoms with van der Waals surface area (Å²) in [4.78, 5) is 11.1. The van der Waals surface area contributed by atoms with Crippen molar-refractivity contribution in [2.24, 2.45) is 5.92 Å². The summed E-state index contributed by atoms with van der Waals surface area (Å²) < 4.78 is 41.0. The zero-order chi connectivity index (χ0) is 16.9. The van der Waals surface area contributed by atoms with E-state index in [4.69, 9.17) is 0 Å². The molecule has 4 nitrogen and oxygen atoms in total. The highest BCUT2D eigenvalue weighted by atomic mass is 32.2. The van der Waals surface area contributed by atoms with Crippen LogP contribution in [-0.2, 0) is 0 Å². The highest BCUT2D eigenvalue weighted by Crippen LogP contribution is 2.34. The molecule has 1 aliphatic carbocycles.